The third kappa shape index (κ3) is 3.90. The second kappa shape index (κ2) is 9.15. The summed E-state index contributed by atoms with van der Waals surface area (Å²) < 4.78 is 0. The van der Waals surface area contributed by atoms with E-state index in [0.29, 0.717) is 0 Å². The van der Waals surface area contributed by atoms with Crippen molar-refractivity contribution in [1.82, 2.24) is 0 Å². The first-order chi connectivity index (χ1) is 18.3. The molecule has 0 unspecified atom stereocenters. The van der Waals surface area contributed by atoms with Crippen molar-refractivity contribution >= 4 is 44.2 Å². The predicted molar refractivity (Wildman–Crippen MR) is 164 cm³/mol. The van der Waals surface area contributed by atoms with Gasteiger partial charge in [0.1, 0.15) is 0 Å². The molecule has 0 aliphatic carbocycles. The fraction of sp³-hybridized carbons (Fsp3) is 0.0286. The Balaban J connectivity index is 1.42. The lowest BCUT2D eigenvalue weighted by Gasteiger charge is -2.16. The first-order valence-electron chi connectivity index (χ1n) is 12.5. The van der Waals surface area contributed by atoms with E-state index in [1.807, 2.05) is 22.7 Å². The van der Waals surface area contributed by atoms with Crippen molar-refractivity contribution < 1.29 is 0 Å². The molecule has 0 atom stereocenters. The van der Waals surface area contributed by atoms with E-state index in [0.717, 1.165) is 0 Å². The largest absolute Gasteiger partial charge is 0.134 e. The predicted octanol–water partition coefficient (Wildman–Crippen LogP) is 11.1. The highest BCUT2D eigenvalue weighted by Gasteiger charge is 2.18. The van der Waals surface area contributed by atoms with Gasteiger partial charge in [0, 0.05) is 25.1 Å². The number of benzene rings is 5. The SMILES string of the molecule is Cc1ccc(-c2c3ccccc3c(-c3ccc(-c4ccc(-c5ccccc5)s4)s3)c3ccccc23)cc1. The van der Waals surface area contributed by atoms with Crippen molar-refractivity contribution in [2.24, 2.45) is 0 Å². The Morgan fingerprint density at radius 1 is 0.351 bits per heavy atom. The molecule has 0 aliphatic heterocycles. The van der Waals surface area contributed by atoms with Gasteiger partial charge >= 0.3 is 0 Å². The summed E-state index contributed by atoms with van der Waals surface area (Å²) in [6.07, 6.45) is 0. The van der Waals surface area contributed by atoms with Crippen molar-refractivity contribution in [1.29, 1.82) is 0 Å². The fourth-order valence-corrected chi connectivity index (χ4v) is 7.44. The van der Waals surface area contributed by atoms with Crippen molar-refractivity contribution in [3.63, 3.8) is 0 Å². The highest BCUT2D eigenvalue weighted by Crippen LogP contribution is 2.47. The van der Waals surface area contributed by atoms with E-state index < -0.39 is 0 Å². The number of aryl methyl sites for hydroxylation is 1. The lowest BCUT2D eigenvalue weighted by molar-refractivity contribution is 1.47. The summed E-state index contributed by atoms with van der Waals surface area (Å²) in [5.41, 5.74) is 6.47. The molecule has 0 spiro atoms. The van der Waals surface area contributed by atoms with Crippen LogP contribution in [0.25, 0.3) is 63.3 Å². The molecule has 0 aliphatic rings. The van der Waals surface area contributed by atoms with Crippen LogP contribution in [0.5, 0.6) is 0 Å². The molecule has 2 aromatic heterocycles. The van der Waals surface area contributed by atoms with Crippen LogP contribution in [0.4, 0.5) is 0 Å². The quantitative estimate of drug-likeness (QED) is 0.207. The number of hydrogen-bond donors (Lipinski definition) is 0. The molecule has 0 radical (unpaired) electrons. The Hall–Kier alpha value is -3.98. The molecule has 0 saturated carbocycles. The second-order valence-corrected chi connectivity index (χ2v) is 11.6. The lowest BCUT2D eigenvalue weighted by atomic mass is 9.88. The van der Waals surface area contributed by atoms with E-state index in [2.05, 4.69) is 134 Å². The van der Waals surface area contributed by atoms with E-state index in [1.165, 1.54) is 68.9 Å². The van der Waals surface area contributed by atoms with E-state index in [9.17, 15) is 0 Å². The molecule has 0 fully saturated rings. The van der Waals surface area contributed by atoms with E-state index in [1.54, 1.807) is 0 Å². The van der Waals surface area contributed by atoms with Gasteiger partial charge in [0.25, 0.3) is 0 Å². The molecular formula is C35H24S2. The van der Waals surface area contributed by atoms with Crippen LogP contribution in [0, 0.1) is 6.92 Å². The average Bonchev–Trinajstić information content (AvgIpc) is 3.63. The summed E-state index contributed by atoms with van der Waals surface area (Å²) >= 11 is 3.76. The first kappa shape index (κ1) is 22.2. The van der Waals surface area contributed by atoms with Crippen molar-refractivity contribution in [3.8, 4) is 41.8 Å². The minimum atomic E-state index is 1.27. The van der Waals surface area contributed by atoms with Crippen LogP contribution < -0.4 is 0 Å². The van der Waals surface area contributed by atoms with Gasteiger partial charge in [-0.2, -0.15) is 0 Å². The van der Waals surface area contributed by atoms with Crippen LogP contribution >= 0.6 is 22.7 Å². The van der Waals surface area contributed by atoms with Crippen molar-refractivity contribution in [2.45, 2.75) is 6.92 Å². The third-order valence-electron chi connectivity index (χ3n) is 7.03. The zero-order valence-corrected chi connectivity index (χ0v) is 22.1. The smallest absolute Gasteiger partial charge is 0.0449 e. The zero-order chi connectivity index (χ0) is 24.8. The molecule has 0 amide bonds. The van der Waals surface area contributed by atoms with Gasteiger partial charge in [-0.25, -0.2) is 0 Å². The van der Waals surface area contributed by atoms with Crippen LogP contribution in [0.15, 0.2) is 127 Å². The van der Waals surface area contributed by atoms with Gasteiger partial charge in [-0.3, -0.25) is 0 Å². The topological polar surface area (TPSA) is 0 Å². The van der Waals surface area contributed by atoms with Gasteiger partial charge in [-0.05, 0) is 69.4 Å². The van der Waals surface area contributed by atoms with Crippen LogP contribution in [-0.2, 0) is 0 Å². The number of thiophene rings is 2. The lowest BCUT2D eigenvalue weighted by Crippen LogP contribution is -1.89. The molecule has 7 aromatic rings. The van der Waals surface area contributed by atoms with E-state index in [-0.39, 0.29) is 0 Å². The maximum Gasteiger partial charge on any atom is 0.0449 e. The normalized spacial score (nSPS) is 11.4. The molecule has 37 heavy (non-hydrogen) atoms. The molecule has 2 heterocycles. The van der Waals surface area contributed by atoms with Crippen LogP contribution in [-0.4, -0.2) is 0 Å². The van der Waals surface area contributed by atoms with Crippen molar-refractivity contribution in [2.75, 3.05) is 0 Å². The Kier molecular flexibility index (Phi) is 5.50. The average molecular weight is 509 g/mol. The molecule has 7 rings (SSSR count). The third-order valence-corrected chi connectivity index (χ3v) is 9.46. The summed E-state index contributed by atoms with van der Waals surface area (Å²) in [4.78, 5) is 5.26. The van der Waals surface area contributed by atoms with E-state index >= 15 is 0 Å². The molecular weight excluding hydrogens is 485 g/mol. The Morgan fingerprint density at radius 2 is 0.811 bits per heavy atom. The molecule has 176 valence electrons. The Labute approximate surface area is 225 Å². The van der Waals surface area contributed by atoms with Gasteiger partial charge in [0.2, 0.25) is 0 Å². The summed E-state index contributed by atoms with van der Waals surface area (Å²) in [5, 5.41) is 5.22. The Bertz CT molecular complexity index is 1810. The fourth-order valence-electron chi connectivity index (χ4n) is 5.26. The molecule has 2 heteroatoms. The van der Waals surface area contributed by atoms with Crippen LogP contribution in [0.2, 0.25) is 0 Å². The molecule has 0 N–H and O–H groups in total. The van der Waals surface area contributed by atoms with Crippen LogP contribution in [0.1, 0.15) is 5.56 Å². The summed E-state index contributed by atoms with van der Waals surface area (Å²) in [5.74, 6) is 0. The highest BCUT2D eigenvalue weighted by atomic mass is 32.1. The summed E-state index contributed by atoms with van der Waals surface area (Å²) in [6, 6.07) is 46.5. The summed E-state index contributed by atoms with van der Waals surface area (Å²) in [6.45, 7) is 2.15. The van der Waals surface area contributed by atoms with E-state index in [4.69, 9.17) is 0 Å². The minimum absolute atomic E-state index is 1.27. The molecule has 0 saturated heterocycles. The first-order valence-corrected chi connectivity index (χ1v) is 14.2. The Morgan fingerprint density at radius 3 is 1.41 bits per heavy atom. The molecule has 5 aromatic carbocycles. The number of hydrogen-bond acceptors (Lipinski definition) is 2. The summed E-state index contributed by atoms with van der Waals surface area (Å²) in [7, 11) is 0. The highest BCUT2D eigenvalue weighted by molar-refractivity contribution is 7.25. The standard InChI is InChI=1S/C35H24S2/c1-23-15-17-25(18-16-23)34-26-11-5-7-13-28(26)35(29-14-8-6-12-27(29)34)33-22-21-32(37-33)31-20-19-30(36-31)24-9-3-2-4-10-24/h2-22H,1H3. The maximum absolute atomic E-state index is 2.31. The molecule has 0 nitrogen and oxygen atoms in total. The number of rotatable bonds is 4. The van der Waals surface area contributed by atoms with Gasteiger partial charge in [0.05, 0.1) is 0 Å². The van der Waals surface area contributed by atoms with Crippen LogP contribution in [0.3, 0.4) is 0 Å². The van der Waals surface area contributed by atoms with Gasteiger partial charge in [-0.15, -0.1) is 22.7 Å². The maximum atomic E-state index is 2.31. The minimum Gasteiger partial charge on any atom is -0.134 e. The zero-order valence-electron chi connectivity index (χ0n) is 20.4. The van der Waals surface area contributed by atoms with Gasteiger partial charge in [-0.1, -0.05) is 109 Å². The molecule has 0 bridgehead atoms. The number of fused-ring (bicyclic) bond motifs is 2. The monoisotopic (exact) mass is 508 g/mol. The van der Waals surface area contributed by atoms with Gasteiger partial charge in [0.15, 0.2) is 0 Å². The van der Waals surface area contributed by atoms with Gasteiger partial charge < -0.3 is 0 Å². The van der Waals surface area contributed by atoms with Crippen molar-refractivity contribution in [3.05, 3.63) is 133 Å². The second-order valence-electron chi connectivity index (χ2n) is 9.40.